The van der Waals surface area contributed by atoms with Gasteiger partial charge >= 0.3 is 0 Å². The van der Waals surface area contributed by atoms with Crippen LogP contribution >= 0.6 is 0 Å². The van der Waals surface area contributed by atoms with Crippen molar-refractivity contribution in [2.45, 2.75) is 19.9 Å². The monoisotopic (exact) mass is 337 g/mol. The van der Waals surface area contributed by atoms with Crippen LogP contribution in [0.15, 0.2) is 51.7 Å². The highest BCUT2D eigenvalue weighted by Gasteiger charge is 2.19. The average Bonchev–Trinajstić information content (AvgIpc) is 2.62. The van der Waals surface area contributed by atoms with Gasteiger partial charge in [0, 0.05) is 17.7 Å². The Morgan fingerprint density at radius 3 is 2.36 bits per heavy atom. The van der Waals surface area contributed by atoms with Crippen molar-refractivity contribution in [3.63, 3.8) is 0 Å². The van der Waals surface area contributed by atoms with Crippen LogP contribution in [-0.4, -0.2) is 26.1 Å². The molecule has 0 N–H and O–H groups in total. The molecule has 0 radical (unpaired) electrons. The van der Waals surface area contributed by atoms with Crippen molar-refractivity contribution in [3.05, 3.63) is 63.8 Å². The zero-order chi connectivity index (χ0) is 18.0. The molecule has 130 valence electrons. The maximum absolute atomic E-state index is 13.1. The quantitative estimate of drug-likeness (QED) is 0.703. The molecule has 0 aliphatic carbocycles. The Morgan fingerprint density at radius 2 is 1.76 bits per heavy atom. The number of nitrogens with zero attached hydrogens (tertiary/aromatic N) is 1. The number of fused-ring (bicyclic) bond motifs is 1. The lowest BCUT2D eigenvalue weighted by Gasteiger charge is -2.17. The van der Waals surface area contributed by atoms with Crippen molar-refractivity contribution in [2.75, 3.05) is 21.2 Å². The lowest BCUT2D eigenvalue weighted by molar-refractivity contribution is 0.370. The van der Waals surface area contributed by atoms with E-state index >= 15 is 0 Å². The highest BCUT2D eigenvalue weighted by atomic mass is 16.5. The summed E-state index contributed by atoms with van der Waals surface area (Å²) >= 11 is 0. The first kappa shape index (κ1) is 17.2. The van der Waals surface area contributed by atoms with Gasteiger partial charge in [-0.15, -0.1) is 0 Å². The van der Waals surface area contributed by atoms with Gasteiger partial charge in [-0.05, 0) is 32.6 Å². The van der Waals surface area contributed by atoms with Gasteiger partial charge in [0.2, 0.25) is 0 Å². The molecule has 4 heteroatoms. The third-order valence-corrected chi connectivity index (χ3v) is 4.30. The Labute approximate surface area is 147 Å². The third kappa shape index (κ3) is 3.17. The summed E-state index contributed by atoms with van der Waals surface area (Å²) in [5, 5.41) is 0.606. The number of ether oxygens (including phenoxy) is 1. The lowest BCUT2D eigenvalue weighted by atomic mass is 10.0. The molecule has 2 aromatic carbocycles. The van der Waals surface area contributed by atoms with Crippen molar-refractivity contribution in [1.82, 2.24) is 4.90 Å². The molecule has 0 unspecified atom stereocenters. The van der Waals surface area contributed by atoms with E-state index in [2.05, 4.69) is 0 Å². The fourth-order valence-electron chi connectivity index (χ4n) is 3.14. The maximum Gasteiger partial charge on any atom is 0.196 e. The van der Waals surface area contributed by atoms with E-state index in [0.29, 0.717) is 35.3 Å². The molecule has 0 spiro atoms. The summed E-state index contributed by atoms with van der Waals surface area (Å²) in [5.74, 6) is 1.38. The predicted octanol–water partition coefficient (Wildman–Crippen LogP) is 4.09. The Morgan fingerprint density at radius 1 is 1.04 bits per heavy atom. The SMILES string of the molecule is CCc1c(-c2ccccc2)oc2c(CN(C)C)c(OC)ccc2c1=O. The van der Waals surface area contributed by atoms with Gasteiger partial charge in [0.15, 0.2) is 5.43 Å². The van der Waals surface area contributed by atoms with E-state index in [0.717, 1.165) is 16.9 Å². The summed E-state index contributed by atoms with van der Waals surface area (Å²) < 4.78 is 11.8. The van der Waals surface area contributed by atoms with Crippen molar-refractivity contribution in [2.24, 2.45) is 0 Å². The standard InChI is InChI=1S/C21H23NO3/c1-5-15-19(23)16-11-12-18(24-4)17(13-22(2)3)21(16)25-20(15)14-9-7-6-8-10-14/h6-12H,5,13H2,1-4H3. The smallest absolute Gasteiger partial charge is 0.196 e. The van der Waals surface area contributed by atoms with Crippen molar-refractivity contribution >= 4 is 11.0 Å². The van der Waals surface area contributed by atoms with E-state index < -0.39 is 0 Å². The zero-order valence-electron chi connectivity index (χ0n) is 15.1. The minimum absolute atomic E-state index is 0.0327. The molecular formula is C21H23NO3. The van der Waals surface area contributed by atoms with E-state index in [-0.39, 0.29) is 5.43 Å². The first-order valence-corrected chi connectivity index (χ1v) is 8.42. The number of hydrogen-bond donors (Lipinski definition) is 0. The minimum atomic E-state index is 0.0327. The van der Waals surface area contributed by atoms with Gasteiger partial charge in [0.05, 0.1) is 18.1 Å². The molecular weight excluding hydrogens is 314 g/mol. The number of hydrogen-bond acceptors (Lipinski definition) is 4. The molecule has 0 bridgehead atoms. The van der Waals surface area contributed by atoms with E-state index in [4.69, 9.17) is 9.15 Å². The van der Waals surface area contributed by atoms with Crippen LogP contribution < -0.4 is 10.2 Å². The molecule has 3 aromatic rings. The third-order valence-electron chi connectivity index (χ3n) is 4.30. The lowest BCUT2D eigenvalue weighted by Crippen LogP contribution is -2.15. The van der Waals surface area contributed by atoms with Crippen LogP contribution in [0.1, 0.15) is 18.1 Å². The van der Waals surface area contributed by atoms with Crippen LogP contribution in [0.3, 0.4) is 0 Å². The second-order valence-corrected chi connectivity index (χ2v) is 6.32. The van der Waals surface area contributed by atoms with Crippen LogP contribution in [0.25, 0.3) is 22.3 Å². The number of rotatable bonds is 5. The molecule has 0 amide bonds. The van der Waals surface area contributed by atoms with Crippen LogP contribution in [0.4, 0.5) is 0 Å². The molecule has 0 atom stereocenters. The average molecular weight is 337 g/mol. The predicted molar refractivity (Wildman–Crippen MR) is 101 cm³/mol. The Hall–Kier alpha value is -2.59. The highest BCUT2D eigenvalue weighted by molar-refractivity contribution is 5.85. The Balaban J connectivity index is 2.39. The van der Waals surface area contributed by atoms with Crippen molar-refractivity contribution in [3.8, 4) is 17.1 Å². The molecule has 0 aliphatic rings. The fourth-order valence-corrected chi connectivity index (χ4v) is 3.14. The second kappa shape index (κ2) is 7.11. The first-order chi connectivity index (χ1) is 12.1. The van der Waals surface area contributed by atoms with Gasteiger partial charge in [-0.1, -0.05) is 37.3 Å². The summed E-state index contributed by atoms with van der Waals surface area (Å²) in [6.45, 7) is 2.61. The van der Waals surface area contributed by atoms with E-state index in [9.17, 15) is 4.79 Å². The largest absolute Gasteiger partial charge is 0.496 e. The van der Waals surface area contributed by atoms with E-state index in [1.54, 1.807) is 13.2 Å². The normalized spacial score (nSPS) is 11.2. The second-order valence-electron chi connectivity index (χ2n) is 6.32. The molecule has 0 saturated heterocycles. The maximum atomic E-state index is 13.1. The number of benzene rings is 2. The van der Waals surface area contributed by atoms with Crippen LogP contribution in [0.2, 0.25) is 0 Å². The molecule has 0 saturated carbocycles. The van der Waals surface area contributed by atoms with Crippen molar-refractivity contribution in [1.29, 1.82) is 0 Å². The minimum Gasteiger partial charge on any atom is -0.496 e. The summed E-state index contributed by atoms with van der Waals surface area (Å²) in [6.07, 6.45) is 0.623. The number of methoxy groups -OCH3 is 1. The molecule has 0 aliphatic heterocycles. The summed E-state index contributed by atoms with van der Waals surface area (Å²) in [7, 11) is 5.60. The topological polar surface area (TPSA) is 42.7 Å². The van der Waals surface area contributed by atoms with Crippen molar-refractivity contribution < 1.29 is 9.15 Å². The summed E-state index contributed by atoms with van der Waals surface area (Å²) in [5.41, 5.74) is 3.15. The summed E-state index contributed by atoms with van der Waals surface area (Å²) in [4.78, 5) is 15.1. The Bertz CT molecular complexity index is 943. The molecule has 4 nitrogen and oxygen atoms in total. The first-order valence-electron chi connectivity index (χ1n) is 8.42. The zero-order valence-corrected chi connectivity index (χ0v) is 15.1. The van der Waals surface area contributed by atoms with Crippen LogP contribution in [0, 0.1) is 0 Å². The molecule has 1 aromatic heterocycles. The van der Waals surface area contributed by atoms with Gasteiger partial charge in [-0.25, -0.2) is 0 Å². The molecule has 25 heavy (non-hydrogen) atoms. The van der Waals surface area contributed by atoms with Gasteiger partial charge in [-0.2, -0.15) is 0 Å². The van der Waals surface area contributed by atoms with E-state index in [1.165, 1.54) is 0 Å². The molecule has 1 heterocycles. The van der Waals surface area contributed by atoms with E-state index in [1.807, 2.05) is 62.3 Å². The van der Waals surface area contributed by atoms with Gasteiger partial charge < -0.3 is 14.1 Å². The van der Waals surface area contributed by atoms with Gasteiger partial charge in [-0.3, -0.25) is 4.79 Å². The Kier molecular flexibility index (Phi) is 4.91. The summed E-state index contributed by atoms with van der Waals surface area (Å²) in [6, 6.07) is 13.4. The molecule has 0 fully saturated rings. The fraction of sp³-hybridized carbons (Fsp3) is 0.286. The molecule has 3 rings (SSSR count). The van der Waals surface area contributed by atoms with Gasteiger partial charge in [0.1, 0.15) is 17.1 Å². The highest BCUT2D eigenvalue weighted by Crippen LogP contribution is 2.32. The van der Waals surface area contributed by atoms with Crippen LogP contribution in [-0.2, 0) is 13.0 Å². The van der Waals surface area contributed by atoms with Gasteiger partial charge in [0.25, 0.3) is 0 Å². The van der Waals surface area contributed by atoms with Crippen LogP contribution in [0.5, 0.6) is 5.75 Å².